The number of aliphatic hydroxyl groups excluding tert-OH is 1. The molecular weight excluding hydrogens is 96.0 g/mol. The zero-order valence-electron chi connectivity index (χ0n) is 4.55. The first-order chi connectivity index (χ1) is 3.41. The first-order valence-electron chi connectivity index (χ1n) is 1.91. The fourth-order valence-electron chi connectivity index (χ4n) is 0.0680. The van der Waals surface area contributed by atoms with Crippen molar-refractivity contribution in [3.05, 3.63) is 0 Å². The van der Waals surface area contributed by atoms with Gasteiger partial charge in [-0.3, -0.25) is 4.79 Å². The average molecular weight is 106 g/mol. The Kier molecular flexibility index (Phi) is 24.9. The van der Waals surface area contributed by atoms with E-state index in [4.69, 9.17) is 5.11 Å². The molecule has 0 heterocycles. The van der Waals surface area contributed by atoms with E-state index in [9.17, 15) is 4.79 Å². The lowest BCUT2D eigenvalue weighted by atomic mass is 10.9. The van der Waals surface area contributed by atoms with Gasteiger partial charge in [-0.1, -0.05) is 0 Å². The van der Waals surface area contributed by atoms with Gasteiger partial charge >= 0.3 is 0 Å². The van der Waals surface area contributed by atoms with Gasteiger partial charge < -0.3 is 9.84 Å². The number of carbonyl (C=O) groups excluding carboxylic acids is 1. The second-order valence-electron chi connectivity index (χ2n) is 0.552. The summed E-state index contributed by atoms with van der Waals surface area (Å²) in [5.41, 5.74) is 0. The Morgan fingerprint density at radius 1 is 1.71 bits per heavy atom. The van der Waals surface area contributed by atoms with Crippen LogP contribution in [0.25, 0.3) is 0 Å². The van der Waals surface area contributed by atoms with E-state index in [1.54, 1.807) is 6.92 Å². The summed E-state index contributed by atoms with van der Waals surface area (Å²) in [5.74, 6) is 0. The molecule has 44 valence electrons. The predicted molar refractivity (Wildman–Crippen MR) is 25.8 cm³/mol. The molecule has 0 aliphatic rings. The van der Waals surface area contributed by atoms with Crippen molar-refractivity contribution in [1.29, 1.82) is 0 Å². The van der Waals surface area contributed by atoms with Crippen LogP contribution in [0.1, 0.15) is 6.92 Å². The molecule has 3 nitrogen and oxygen atoms in total. The molecule has 0 aromatic carbocycles. The molecular formula is C4H10O3. The van der Waals surface area contributed by atoms with E-state index >= 15 is 0 Å². The van der Waals surface area contributed by atoms with Crippen LogP contribution in [0.5, 0.6) is 0 Å². The summed E-state index contributed by atoms with van der Waals surface area (Å²) in [6, 6.07) is 0. The summed E-state index contributed by atoms with van der Waals surface area (Å²) >= 11 is 0. The third-order valence-electron chi connectivity index (χ3n) is 0.235. The summed E-state index contributed by atoms with van der Waals surface area (Å²) in [4.78, 5) is 9.18. The number of hydrogen-bond acceptors (Lipinski definition) is 3. The van der Waals surface area contributed by atoms with Crippen molar-refractivity contribution in [3.8, 4) is 0 Å². The zero-order chi connectivity index (χ0) is 6.12. The minimum Gasteiger partial charge on any atom is -0.468 e. The van der Waals surface area contributed by atoms with E-state index < -0.39 is 0 Å². The lowest BCUT2D eigenvalue weighted by Gasteiger charge is -1.79. The largest absolute Gasteiger partial charge is 0.468 e. The van der Waals surface area contributed by atoms with Gasteiger partial charge in [0.25, 0.3) is 6.47 Å². The van der Waals surface area contributed by atoms with Gasteiger partial charge in [-0.05, 0) is 6.92 Å². The lowest BCUT2D eigenvalue weighted by molar-refractivity contribution is -0.128. The molecule has 0 saturated heterocycles. The van der Waals surface area contributed by atoms with Crippen LogP contribution in [0, 0.1) is 0 Å². The van der Waals surface area contributed by atoms with Crippen LogP contribution in [0.4, 0.5) is 0 Å². The summed E-state index contributed by atoms with van der Waals surface area (Å²) < 4.78 is 4.15. The second kappa shape index (κ2) is 18.0. The molecule has 7 heavy (non-hydrogen) atoms. The van der Waals surface area contributed by atoms with Crippen LogP contribution in [0.15, 0.2) is 0 Å². The molecule has 3 heteroatoms. The van der Waals surface area contributed by atoms with Crippen molar-refractivity contribution in [2.24, 2.45) is 0 Å². The third-order valence-corrected chi connectivity index (χ3v) is 0.235. The second-order valence-corrected chi connectivity index (χ2v) is 0.552. The minimum atomic E-state index is 0.431. The first kappa shape index (κ1) is 9.66. The van der Waals surface area contributed by atoms with E-state index in [1.165, 1.54) is 0 Å². The first-order valence-corrected chi connectivity index (χ1v) is 1.91. The Morgan fingerprint density at radius 3 is 2.14 bits per heavy atom. The third kappa shape index (κ3) is 31.2. The maximum atomic E-state index is 9.18. The average Bonchev–Trinajstić information content (AvgIpc) is 1.75. The van der Waals surface area contributed by atoms with Crippen LogP contribution in [0.3, 0.4) is 0 Å². The van der Waals surface area contributed by atoms with Crippen LogP contribution >= 0.6 is 0 Å². The Morgan fingerprint density at radius 2 is 2.14 bits per heavy atom. The highest BCUT2D eigenvalue weighted by atomic mass is 16.5. The molecule has 0 aromatic rings. The van der Waals surface area contributed by atoms with E-state index in [0.29, 0.717) is 13.1 Å². The number of rotatable bonds is 2. The molecule has 0 fully saturated rings. The highest BCUT2D eigenvalue weighted by Crippen LogP contribution is 1.55. The van der Waals surface area contributed by atoms with Gasteiger partial charge in [-0.25, -0.2) is 0 Å². The smallest absolute Gasteiger partial charge is 0.293 e. The molecule has 0 aromatic heterocycles. The molecule has 0 unspecified atom stereocenters. The van der Waals surface area contributed by atoms with Crippen molar-refractivity contribution in [2.75, 3.05) is 13.7 Å². The van der Waals surface area contributed by atoms with Gasteiger partial charge in [0.1, 0.15) is 0 Å². The number of ether oxygens (including phenoxy) is 1. The summed E-state index contributed by atoms with van der Waals surface area (Å²) in [5, 5.41) is 7.00. The Bertz CT molecular complexity index is 28.1. The van der Waals surface area contributed by atoms with Crippen molar-refractivity contribution in [1.82, 2.24) is 0 Å². The quantitative estimate of drug-likeness (QED) is 0.495. The standard InChI is InChI=1S/C3H6O2.CH4O/c1-2-5-3-4;1-2/h3H,2H2,1H3;2H,1H3. The van der Waals surface area contributed by atoms with E-state index in [0.717, 1.165) is 7.11 Å². The molecule has 0 rings (SSSR count). The Labute approximate surface area is 42.9 Å². The topological polar surface area (TPSA) is 46.5 Å². The van der Waals surface area contributed by atoms with Gasteiger partial charge in [-0.15, -0.1) is 0 Å². The highest BCUT2D eigenvalue weighted by molar-refractivity contribution is 5.36. The molecule has 0 aliphatic heterocycles. The van der Waals surface area contributed by atoms with Gasteiger partial charge in [0.2, 0.25) is 0 Å². The minimum absolute atomic E-state index is 0.431. The van der Waals surface area contributed by atoms with Gasteiger partial charge in [0.15, 0.2) is 0 Å². The van der Waals surface area contributed by atoms with Crippen molar-refractivity contribution in [3.63, 3.8) is 0 Å². The van der Waals surface area contributed by atoms with Gasteiger partial charge in [-0.2, -0.15) is 0 Å². The predicted octanol–water partition coefficient (Wildman–Crippen LogP) is -0.212. The molecule has 0 radical (unpaired) electrons. The summed E-state index contributed by atoms with van der Waals surface area (Å²) in [6.45, 7) is 2.66. The van der Waals surface area contributed by atoms with Crippen LogP contribution in [-0.2, 0) is 9.53 Å². The van der Waals surface area contributed by atoms with Crippen LogP contribution in [-0.4, -0.2) is 25.3 Å². The summed E-state index contributed by atoms with van der Waals surface area (Å²) in [7, 11) is 1.00. The number of hydrogen-bond donors (Lipinski definition) is 1. The zero-order valence-corrected chi connectivity index (χ0v) is 4.55. The number of carbonyl (C=O) groups is 1. The van der Waals surface area contributed by atoms with E-state index in [2.05, 4.69) is 4.74 Å². The Balaban J connectivity index is 0. The van der Waals surface area contributed by atoms with Crippen molar-refractivity contribution >= 4 is 6.47 Å². The fraction of sp³-hybridized carbons (Fsp3) is 0.750. The molecule has 0 aliphatic carbocycles. The maximum Gasteiger partial charge on any atom is 0.293 e. The SMILES string of the molecule is CCOC=O.CO. The maximum absolute atomic E-state index is 9.18. The fourth-order valence-corrected chi connectivity index (χ4v) is 0.0680. The monoisotopic (exact) mass is 106 g/mol. The number of aliphatic hydroxyl groups is 1. The van der Waals surface area contributed by atoms with Crippen molar-refractivity contribution in [2.45, 2.75) is 6.92 Å². The Hall–Kier alpha value is -0.570. The van der Waals surface area contributed by atoms with Crippen molar-refractivity contribution < 1.29 is 14.6 Å². The molecule has 0 spiro atoms. The normalized spacial score (nSPS) is 5.57. The van der Waals surface area contributed by atoms with E-state index in [-0.39, 0.29) is 0 Å². The lowest BCUT2D eigenvalue weighted by Crippen LogP contribution is -1.80. The molecule has 0 bridgehead atoms. The van der Waals surface area contributed by atoms with Crippen LogP contribution < -0.4 is 0 Å². The van der Waals surface area contributed by atoms with Gasteiger partial charge in [0, 0.05) is 7.11 Å². The van der Waals surface area contributed by atoms with Crippen LogP contribution in [0.2, 0.25) is 0 Å². The highest BCUT2D eigenvalue weighted by Gasteiger charge is 1.60. The summed E-state index contributed by atoms with van der Waals surface area (Å²) in [6.07, 6.45) is 0. The molecule has 0 atom stereocenters. The molecule has 0 amide bonds. The van der Waals surface area contributed by atoms with E-state index in [1.807, 2.05) is 0 Å². The molecule has 1 N–H and O–H groups in total. The molecule has 0 saturated carbocycles. The van der Waals surface area contributed by atoms with Gasteiger partial charge in [0.05, 0.1) is 6.61 Å².